The summed E-state index contributed by atoms with van der Waals surface area (Å²) in [5.74, 6) is -0.205. The van der Waals surface area contributed by atoms with Gasteiger partial charge in [-0.3, -0.25) is 4.72 Å². The molecule has 2 atom stereocenters. The van der Waals surface area contributed by atoms with Gasteiger partial charge in [-0.05, 0) is 35.2 Å². The molecule has 0 saturated carbocycles. The minimum absolute atomic E-state index is 0.0392. The molecule has 3 heterocycles. The fourth-order valence-corrected chi connectivity index (χ4v) is 7.22. The van der Waals surface area contributed by atoms with Crippen LogP contribution in [0, 0.1) is 0 Å². The lowest BCUT2D eigenvalue weighted by Gasteiger charge is -2.44. The number of hydrogen-bond donors (Lipinski definition) is 3. The molecule has 6 rings (SSSR count). The lowest BCUT2D eigenvalue weighted by molar-refractivity contribution is -0.116. The Balaban J connectivity index is 1.39. The van der Waals surface area contributed by atoms with Crippen molar-refractivity contribution in [3.05, 3.63) is 126 Å². The first-order chi connectivity index (χ1) is 21.4. The van der Waals surface area contributed by atoms with Gasteiger partial charge in [-0.25, -0.2) is 15.0 Å². The van der Waals surface area contributed by atoms with Crippen LogP contribution in [0.3, 0.4) is 0 Å². The number of aliphatic hydroxyl groups is 1. The number of nitrogens with zero attached hydrogens (tertiary/aromatic N) is 3. The summed E-state index contributed by atoms with van der Waals surface area (Å²) < 4.78 is 36.2. The first-order valence-corrected chi connectivity index (χ1v) is 15.8. The Morgan fingerprint density at radius 3 is 2.39 bits per heavy atom. The molecule has 44 heavy (non-hydrogen) atoms. The second-order valence-corrected chi connectivity index (χ2v) is 12.2. The third kappa shape index (κ3) is 5.36. The zero-order chi connectivity index (χ0) is 30.7. The number of aromatic amines is 1. The van der Waals surface area contributed by atoms with Crippen molar-refractivity contribution in [2.75, 3.05) is 4.72 Å². The number of sulfonamides is 1. The van der Waals surface area contributed by atoms with Crippen LogP contribution >= 0.6 is 0 Å². The van der Waals surface area contributed by atoms with Gasteiger partial charge in [-0.1, -0.05) is 79.7 Å². The summed E-state index contributed by atoms with van der Waals surface area (Å²) >= 11 is 0. The molecule has 5 aromatic rings. The maximum absolute atomic E-state index is 13.3. The number of benzene rings is 3. The van der Waals surface area contributed by atoms with Gasteiger partial charge >= 0.3 is 0 Å². The average molecular weight is 610 g/mol. The predicted octanol–water partition coefficient (Wildman–Crippen LogP) is 5.78. The Bertz CT molecular complexity index is 1890. The highest BCUT2D eigenvalue weighted by atomic mass is 32.2. The molecule has 0 aliphatic carbocycles. The topological polar surface area (TPSA) is 147 Å². The average Bonchev–Trinajstić information content (AvgIpc) is 3.53. The summed E-state index contributed by atoms with van der Waals surface area (Å²) in [5, 5.41) is 11.6. The van der Waals surface area contributed by atoms with Crippen molar-refractivity contribution in [3.63, 3.8) is 0 Å². The molecule has 10 nitrogen and oxygen atoms in total. The van der Waals surface area contributed by atoms with E-state index in [0.29, 0.717) is 17.7 Å². The molecule has 224 valence electrons. The van der Waals surface area contributed by atoms with E-state index in [2.05, 4.69) is 24.7 Å². The molecule has 2 aromatic heterocycles. The van der Waals surface area contributed by atoms with Crippen LogP contribution in [-0.4, -0.2) is 45.9 Å². The number of imidazole rings is 1. The van der Waals surface area contributed by atoms with E-state index in [1.807, 2.05) is 73.7 Å². The molecule has 1 aliphatic rings. The molecule has 0 saturated heterocycles. The van der Waals surface area contributed by atoms with Crippen molar-refractivity contribution in [1.82, 2.24) is 19.9 Å². The summed E-state index contributed by atoms with van der Waals surface area (Å²) in [6.07, 6.45) is 3.37. The van der Waals surface area contributed by atoms with Crippen molar-refractivity contribution < 1.29 is 23.1 Å². The predicted molar refractivity (Wildman–Crippen MR) is 165 cm³/mol. The van der Waals surface area contributed by atoms with Gasteiger partial charge in [0, 0.05) is 30.0 Å². The van der Waals surface area contributed by atoms with Gasteiger partial charge in [0.15, 0.2) is 5.65 Å². The molecule has 0 bridgehead atoms. The number of carbonyl (C=O) groups excluding carboxylic acids is 1. The number of aldehydes is 1. The minimum atomic E-state index is -4.10. The summed E-state index contributed by atoms with van der Waals surface area (Å²) in [7, 11) is -4.10. The standard InChI is InChI=1S/C33H31N5O5S/c1-2-26(22-10-9-15-25(18-22)38-44(41,42)32-30-31(35-20-34-30)36-21-37-32)29-27(40)19-33(43-28(29)16-17-39,23-11-5-3-6-12-23)24-13-7-4-8-14-24/h3-15,17-18,20-21,26,28,38,40H,2,16,19H2,1H3,(H,34,35,36,37). The quantitative estimate of drug-likeness (QED) is 0.133. The first-order valence-electron chi connectivity index (χ1n) is 14.3. The van der Waals surface area contributed by atoms with Crippen LogP contribution in [0.25, 0.3) is 11.2 Å². The third-order valence-corrected chi connectivity index (χ3v) is 9.32. The van der Waals surface area contributed by atoms with Crippen molar-refractivity contribution in [2.45, 2.75) is 48.8 Å². The number of H-pyrrole nitrogens is 1. The zero-order valence-corrected chi connectivity index (χ0v) is 24.7. The number of rotatable bonds is 10. The number of nitrogens with one attached hydrogen (secondary N) is 2. The highest BCUT2D eigenvalue weighted by Crippen LogP contribution is 2.49. The number of anilines is 1. The fourth-order valence-electron chi connectivity index (χ4n) is 6.09. The first kappa shape index (κ1) is 29.2. The summed E-state index contributed by atoms with van der Waals surface area (Å²) in [5.41, 5.74) is 2.86. The molecule has 0 amide bonds. The van der Waals surface area contributed by atoms with Gasteiger partial charge in [0.05, 0.1) is 18.2 Å². The van der Waals surface area contributed by atoms with E-state index in [1.54, 1.807) is 18.2 Å². The summed E-state index contributed by atoms with van der Waals surface area (Å²) in [6, 6.07) is 26.4. The molecule has 3 N–H and O–H groups in total. The fraction of sp³-hybridized carbons (Fsp3) is 0.212. The van der Waals surface area contributed by atoms with Crippen LogP contribution < -0.4 is 4.72 Å². The second-order valence-electron chi connectivity index (χ2n) is 10.6. The maximum atomic E-state index is 13.3. The highest BCUT2D eigenvalue weighted by Gasteiger charge is 2.45. The molecule has 0 fully saturated rings. The zero-order valence-electron chi connectivity index (χ0n) is 23.9. The third-order valence-electron chi connectivity index (χ3n) is 8.00. The number of ether oxygens (including phenoxy) is 1. The van der Waals surface area contributed by atoms with Gasteiger partial charge < -0.3 is 19.6 Å². The highest BCUT2D eigenvalue weighted by molar-refractivity contribution is 7.92. The minimum Gasteiger partial charge on any atom is -0.512 e. The number of aliphatic hydroxyl groups excluding tert-OH is 1. The molecule has 1 aliphatic heterocycles. The van der Waals surface area contributed by atoms with Crippen LogP contribution in [0.4, 0.5) is 5.69 Å². The van der Waals surface area contributed by atoms with E-state index in [-0.39, 0.29) is 40.7 Å². The Hall–Kier alpha value is -4.87. The Morgan fingerprint density at radius 1 is 1.02 bits per heavy atom. The molecule has 0 radical (unpaired) electrons. The number of hydrogen-bond acceptors (Lipinski definition) is 8. The second kappa shape index (κ2) is 12.0. The van der Waals surface area contributed by atoms with Crippen LogP contribution in [0.15, 0.2) is 114 Å². The lowest BCUT2D eigenvalue weighted by atomic mass is 9.75. The molecular formula is C33H31N5O5S. The van der Waals surface area contributed by atoms with Gasteiger partial charge in [0.25, 0.3) is 10.0 Å². The van der Waals surface area contributed by atoms with Crippen LogP contribution in [0.5, 0.6) is 0 Å². The Labute approximate surface area is 254 Å². The smallest absolute Gasteiger partial charge is 0.281 e. The van der Waals surface area contributed by atoms with Crippen LogP contribution in [0.2, 0.25) is 0 Å². The molecule has 0 spiro atoms. The van der Waals surface area contributed by atoms with E-state index >= 15 is 0 Å². The molecule has 3 aromatic carbocycles. The van der Waals surface area contributed by atoms with E-state index in [1.165, 1.54) is 6.33 Å². The van der Waals surface area contributed by atoms with Crippen molar-refractivity contribution >= 4 is 33.2 Å². The van der Waals surface area contributed by atoms with Crippen molar-refractivity contribution in [3.8, 4) is 0 Å². The van der Waals surface area contributed by atoms with Gasteiger partial charge in [0.2, 0.25) is 5.03 Å². The maximum Gasteiger partial charge on any atom is 0.281 e. The van der Waals surface area contributed by atoms with E-state index in [0.717, 1.165) is 29.3 Å². The SMILES string of the molecule is CCC(C1=C(O)CC(c2ccccc2)(c2ccccc2)OC1CC=O)c1cccc(NS(=O)(=O)c2ncnc3nc[nH]c23)c1. The normalized spacial score (nSPS) is 17.3. The van der Waals surface area contributed by atoms with E-state index < -0.39 is 21.7 Å². The number of fused-ring (bicyclic) bond motifs is 1. The number of aromatic nitrogens is 4. The lowest BCUT2D eigenvalue weighted by Crippen LogP contribution is -2.42. The number of carbonyl (C=O) groups is 1. The van der Waals surface area contributed by atoms with E-state index in [4.69, 9.17) is 4.74 Å². The van der Waals surface area contributed by atoms with E-state index in [9.17, 15) is 18.3 Å². The van der Waals surface area contributed by atoms with Crippen molar-refractivity contribution in [2.24, 2.45) is 0 Å². The van der Waals surface area contributed by atoms with Gasteiger partial charge in [0.1, 0.15) is 23.7 Å². The Morgan fingerprint density at radius 2 is 1.73 bits per heavy atom. The van der Waals surface area contributed by atoms with Crippen LogP contribution in [-0.2, 0) is 25.2 Å². The van der Waals surface area contributed by atoms with Gasteiger partial charge in [-0.15, -0.1) is 0 Å². The van der Waals surface area contributed by atoms with Gasteiger partial charge in [-0.2, -0.15) is 8.42 Å². The van der Waals surface area contributed by atoms with Crippen LogP contribution in [0.1, 0.15) is 48.8 Å². The van der Waals surface area contributed by atoms with Crippen molar-refractivity contribution in [1.29, 1.82) is 0 Å². The monoisotopic (exact) mass is 609 g/mol. The Kier molecular flexibility index (Phi) is 7.98. The molecule has 2 unspecified atom stereocenters. The largest absolute Gasteiger partial charge is 0.512 e. The molecule has 11 heteroatoms. The summed E-state index contributed by atoms with van der Waals surface area (Å²) in [4.78, 5) is 26.8. The molecular weight excluding hydrogens is 578 g/mol. The summed E-state index contributed by atoms with van der Waals surface area (Å²) in [6.45, 7) is 1.98.